The molecule has 0 heterocycles. The molecule has 0 radical (unpaired) electrons. The first-order valence-electron chi connectivity index (χ1n) is 5.50. The maximum Gasteiger partial charge on any atom is 0.120 e. The number of nitrogens with two attached hydrogens (primary N) is 1. The molecule has 0 aliphatic heterocycles. The van der Waals surface area contributed by atoms with E-state index in [1.807, 2.05) is 30.3 Å². The summed E-state index contributed by atoms with van der Waals surface area (Å²) in [6.45, 7) is 0.412. The number of methoxy groups -OCH3 is 1. The number of benzene rings is 2. The quantitative estimate of drug-likeness (QED) is 0.859. The first-order chi connectivity index (χ1) is 8.69. The predicted molar refractivity (Wildman–Crippen MR) is 73.2 cm³/mol. The highest BCUT2D eigenvalue weighted by atomic mass is 35.5. The fraction of sp³-hybridized carbons (Fsp3) is 0.143. The molecule has 2 aromatic rings. The van der Waals surface area contributed by atoms with Crippen molar-refractivity contribution < 1.29 is 9.47 Å². The van der Waals surface area contributed by atoms with Crippen molar-refractivity contribution in [2.45, 2.75) is 6.61 Å². The lowest BCUT2D eigenvalue weighted by atomic mass is 10.2. The van der Waals surface area contributed by atoms with Crippen molar-refractivity contribution in [1.29, 1.82) is 0 Å². The van der Waals surface area contributed by atoms with Gasteiger partial charge in [0, 0.05) is 16.3 Å². The van der Waals surface area contributed by atoms with Crippen LogP contribution < -0.4 is 15.2 Å². The fourth-order valence-electron chi connectivity index (χ4n) is 1.53. The van der Waals surface area contributed by atoms with Gasteiger partial charge in [-0.3, -0.25) is 0 Å². The Hall–Kier alpha value is -1.87. The summed E-state index contributed by atoms with van der Waals surface area (Å²) < 4.78 is 10.7. The Morgan fingerprint density at radius 3 is 2.33 bits per heavy atom. The minimum atomic E-state index is 0.412. The zero-order valence-electron chi connectivity index (χ0n) is 10.0. The van der Waals surface area contributed by atoms with Crippen molar-refractivity contribution in [3.05, 3.63) is 53.1 Å². The van der Waals surface area contributed by atoms with Gasteiger partial charge in [-0.15, -0.1) is 0 Å². The Bertz CT molecular complexity index is 526. The summed E-state index contributed by atoms with van der Waals surface area (Å²) in [5, 5.41) is 0.626. The summed E-state index contributed by atoms with van der Waals surface area (Å²) in [6, 6.07) is 12.8. The first-order valence-corrected chi connectivity index (χ1v) is 5.87. The average molecular weight is 264 g/mol. The maximum atomic E-state index is 5.85. The second-order valence-electron chi connectivity index (χ2n) is 3.81. The predicted octanol–water partition coefficient (Wildman–Crippen LogP) is 3.51. The SMILES string of the molecule is COc1ccc(OCc2ccc(Cl)cc2N)cc1. The molecule has 3 nitrogen and oxygen atoms in total. The summed E-state index contributed by atoms with van der Waals surface area (Å²) in [7, 11) is 1.63. The number of anilines is 1. The Labute approximate surface area is 111 Å². The fourth-order valence-corrected chi connectivity index (χ4v) is 1.71. The molecule has 94 valence electrons. The topological polar surface area (TPSA) is 44.5 Å². The van der Waals surface area contributed by atoms with Gasteiger partial charge in [0.15, 0.2) is 0 Å². The number of halogens is 1. The van der Waals surface area contributed by atoms with Gasteiger partial charge in [0.25, 0.3) is 0 Å². The summed E-state index contributed by atoms with van der Waals surface area (Å²) in [4.78, 5) is 0. The molecule has 0 saturated carbocycles. The van der Waals surface area contributed by atoms with Crippen molar-refractivity contribution in [2.75, 3.05) is 12.8 Å². The Balaban J connectivity index is 2.02. The third kappa shape index (κ3) is 3.08. The van der Waals surface area contributed by atoms with Crippen molar-refractivity contribution in [3.63, 3.8) is 0 Å². The summed E-state index contributed by atoms with van der Waals surface area (Å²) >= 11 is 5.83. The van der Waals surface area contributed by atoms with Crippen LogP contribution in [0.5, 0.6) is 11.5 Å². The van der Waals surface area contributed by atoms with Gasteiger partial charge < -0.3 is 15.2 Å². The zero-order valence-corrected chi connectivity index (χ0v) is 10.8. The average Bonchev–Trinajstić information content (AvgIpc) is 2.38. The van der Waals surface area contributed by atoms with Crippen LogP contribution in [0.1, 0.15) is 5.56 Å². The normalized spacial score (nSPS) is 10.1. The number of nitrogen functional groups attached to an aromatic ring is 1. The first kappa shape index (κ1) is 12.6. The van der Waals surface area contributed by atoms with Crippen molar-refractivity contribution >= 4 is 17.3 Å². The van der Waals surface area contributed by atoms with Crippen LogP contribution in [0.2, 0.25) is 5.02 Å². The third-order valence-electron chi connectivity index (χ3n) is 2.56. The maximum absolute atomic E-state index is 5.85. The molecule has 0 amide bonds. The van der Waals surface area contributed by atoms with Crippen LogP contribution in [0, 0.1) is 0 Å². The minimum absolute atomic E-state index is 0.412. The van der Waals surface area contributed by atoms with E-state index in [4.69, 9.17) is 26.8 Å². The monoisotopic (exact) mass is 263 g/mol. The van der Waals surface area contributed by atoms with Crippen LogP contribution in [0.15, 0.2) is 42.5 Å². The number of hydrogen-bond acceptors (Lipinski definition) is 3. The van der Waals surface area contributed by atoms with Crippen LogP contribution in [0.25, 0.3) is 0 Å². The Morgan fingerprint density at radius 1 is 1.06 bits per heavy atom. The molecule has 4 heteroatoms. The van der Waals surface area contributed by atoms with Gasteiger partial charge in [0.05, 0.1) is 7.11 Å². The van der Waals surface area contributed by atoms with E-state index in [0.717, 1.165) is 17.1 Å². The molecule has 2 rings (SSSR count). The molecule has 0 atom stereocenters. The molecular weight excluding hydrogens is 250 g/mol. The summed E-state index contributed by atoms with van der Waals surface area (Å²) in [6.07, 6.45) is 0. The summed E-state index contributed by atoms with van der Waals surface area (Å²) in [5.74, 6) is 1.57. The van der Waals surface area contributed by atoms with Gasteiger partial charge in [-0.1, -0.05) is 17.7 Å². The zero-order chi connectivity index (χ0) is 13.0. The van der Waals surface area contributed by atoms with Gasteiger partial charge in [-0.25, -0.2) is 0 Å². The van der Waals surface area contributed by atoms with E-state index in [0.29, 0.717) is 17.3 Å². The molecule has 2 aromatic carbocycles. The van der Waals surface area contributed by atoms with Crippen molar-refractivity contribution in [3.8, 4) is 11.5 Å². The van der Waals surface area contributed by atoms with Gasteiger partial charge >= 0.3 is 0 Å². The van der Waals surface area contributed by atoms with Gasteiger partial charge in [0.2, 0.25) is 0 Å². The van der Waals surface area contributed by atoms with E-state index in [2.05, 4.69) is 0 Å². The Kier molecular flexibility index (Phi) is 3.95. The second-order valence-corrected chi connectivity index (χ2v) is 4.24. The second kappa shape index (κ2) is 5.65. The van der Waals surface area contributed by atoms with Crippen LogP contribution in [0.3, 0.4) is 0 Å². The number of hydrogen-bond donors (Lipinski definition) is 1. The molecule has 0 spiro atoms. The molecular formula is C14H14ClNO2. The molecule has 0 aliphatic rings. The molecule has 18 heavy (non-hydrogen) atoms. The molecule has 0 aliphatic carbocycles. The van der Waals surface area contributed by atoms with E-state index in [-0.39, 0.29) is 0 Å². The molecule has 0 fully saturated rings. The lowest BCUT2D eigenvalue weighted by molar-refractivity contribution is 0.306. The summed E-state index contributed by atoms with van der Waals surface area (Å²) in [5.41, 5.74) is 7.39. The molecule has 0 saturated heterocycles. The molecule has 0 unspecified atom stereocenters. The van der Waals surface area contributed by atoms with Crippen LogP contribution in [-0.2, 0) is 6.61 Å². The largest absolute Gasteiger partial charge is 0.497 e. The highest BCUT2D eigenvalue weighted by molar-refractivity contribution is 6.30. The van der Waals surface area contributed by atoms with E-state index >= 15 is 0 Å². The lowest BCUT2D eigenvalue weighted by Crippen LogP contribution is -2.00. The van der Waals surface area contributed by atoms with Crippen LogP contribution >= 0.6 is 11.6 Å². The van der Waals surface area contributed by atoms with Gasteiger partial charge in [-0.05, 0) is 36.4 Å². The standard InChI is InChI=1S/C14H14ClNO2/c1-17-12-4-6-13(7-5-12)18-9-10-2-3-11(15)8-14(10)16/h2-8H,9,16H2,1H3. The highest BCUT2D eigenvalue weighted by Gasteiger charge is 2.01. The Morgan fingerprint density at radius 2 is 1.72 bits per heavy atom. The van der Waals surface area contributed by atoms with E-state index in [1.165, 1.54) is 0 Å². The third-order valence-corrected chi connectivity index (χ3v) is 2.80. The highest BCUT2D eigenvalue weighted by Crippen LogP contribution is 2.21. The van der Waals surface area contributed by atoms with E-state index in [9.17, 15) is 0 Å². The van der Waals surface area contributed by atoms with Crippen molar-refractivity contribution in [1.82, 2.24) is 0 Å². The van der Waals surface area contributed by atoms with Gasteiger partial charge in [-0.2, -0.15) is 0 Å². The van der Waals surface area contributed by atoms with E-state index in [1.54, 1.807) is 19.2 Å². The lowest BCUT2D eigenvalue weighted by Gasteiger charge is -2.09. The van der Waals surface area contributed by atoms with Crippen LogP contribution in [-0.4, -0.2) is 7.11 Å². The van der Waals surface area contributed by atoms with Crippen LogP contribution in [0.4, 0.5) is 5.69 Å². The molecule has 0 aromatic heterocycles. The van der Waals surface area contributed by atoms with E-state index < -0.39 is 0 Å². The smallest absolute Gasteiger partial charge is 0.120 e. The molecule has 0 bridgehead atoms. The minimum Gasteiger partial charge on any atom is -0.497 e. The van der Waals surface area contributed by atoms with Gasteiger partial charge in [0.1, 0.15) is 18.1 Å². The number of rotatable bonds is 4. The number of ether oxygens (including phenoxy) is 2. The molecule has 2 N–H and O–H groups in total. The van der Waals surface area contributed by atoms with Crippen molar-refractivity contribution in [2.24, 2.45) is 0 Å².